The number of carbonyl (C=O) groups is 1. The molecule has 2 N–H and O–H groups in total. The lowest BCUT2D eigenvalue weighted by atomic mass is 9.92. The van der Waals surface area contributed by atoms with Gasteiger partial charge in [0.25, 0.3) is 0 Å². The monoisotopic (exact) mass is 290 g/mol. The molecule has 116 valence electrons. The number of aromatic amines is 1. The predicted octanol–water partition coefficient (Wildman–Crippen LogP) is 2.10. The van der Waals surface area contributed by atoms with Gasteiger partial charge in [-0.2, -0.15) is 0 Å². The van der Waals surface area contributed by atoms with Crippen LogP contribution in [0.2, 0.25) is 0 Å². The van der Waals surface area contributed by atoms with E-state index in [0.717, 1.165) is 70.1 Å². The van der Waals surface area contributed by atoms with Gasteiger partial charge in [0.15, 0.2) is 6.29 Å². The van der Waals surface area contributed by atoms with Crippen molar-refractivity contribution in [3.63, 3.8) is 0 Å². The number of H-pyrrole nitrogens is 1. The lowest BCUT2D eigenvalue weighted by Crippen LogP contribution is -2.36. The van der Waals surface area contributed by atoms with Gasteiger partial charge in [-0.15, -0.1) is 0 Å². The van der Waals surface area contributed by atoms with Crippen LogP contribution < -0.4 is 0 Å². The first kappa shape index (κ1) is 14.8. The molecule has 1 fully saturated rings. The number of hydrogen-bond donors (Lipinski definition) is 2. The first-order valence-corrected chi connectivity index (χ1v) is 8.36. The van der Waals surface area contributed by atoms with E-state index in [-0.39, 0.29) is 6.10 Å². The van der Waals surface area contributed by atoms with Gasteiger partial charge >= 0.3 is 0 Å². The van der Waals surface area contributed by atoms with E-state index < -0.39 is 0 Å². The van der Waals surface area contributed by atoms with Gasteiger partial charge in [-0.3, -0.25) is 4.79 Å². The van der Waals surface area contributed by atoms with Gasteiger partial charge in [-0.1, -0.05) is 0 Å². The summed E-state index contributed by atoms with van der Waals surface area (Å²) >= 11 is 0. The van der Waals surface area contributed by atoms with Gasteiger partial charge < -0.3 is 15.0 Å². The summed E-state index contributed by atoms with van der Waals surface area (Å²) in [6, 6.07) is 0. The molecule has 0 atom stereocenters. The minimum Gasteiger partial charge on any atom is -0.393 e. The Kier molecular flexibility index (Phi) is 4.76. The normalized spacial score (nSPS) is 20.4. The van der Waals surface area contributed by atoms with Gasteiger partial charge in [0.1, 0.15) is 0 Å². The maximum absolute atomic E-state index is 11.3. The summed E-state index contributed by atoms with van der Waals surface area (Å²) in [6.45, 7) is 3.09. The molecule has 0 saturated carbocycles. The molecular formula is C17H26N2O2. The molecule has 4 nitrogen and oxygen atoms in total. The topological polar surface area (TPSA) is 56.3 Å². The Bertz CT molecular complexity index is 487. The van der Waals surface area contributed by atoms with E-state index in [1.54, 1.807) is 0 Å². The van der Waals surface area contributed by atoms with Crippen molar-refractivity contribution < 1.29 is 9.90 Å². The Balaban J connectivity index is 1.57. The highest BCUT2D eigenvalue weighted by atomic mass is 16.3. The van der Waals surface area contributed by atoms with Crippen LogP contribution in [0.3, 0.4) is 0 Å². The van der Waals surface area contributed by atoms with Gasteiger partial charge in [0.2, 0.25) is 0 Å². The molecule has 2 aliphatic rings. The van der Waals surface area contributed by atoms with Crippen molar-refractivity contribution in [2.45, 2.75) is 57.5 Å². The fraction of sp³-hybridized carbons (Fsp3) is 0.706. The van der Waals surface area contributed by atoms with Crippen LogP contribution in [0.5, 0.6) is 0 Å². The molecule has 4 heteroatoms. The van der Waals surface area contributed by atoms with Crippen molar-refractivity contribution in [2.75, 3.05) is 19.6 Å². The molecule has 1 aromatic heterocycles. The van der Waals surface area contributed by atoms with Crippen LogP contribution in [0, 0.1) is 0 Å². The maximum Gasteiger partial charge on any atom is 0.166 e. The molecule has 0 spiro atoms. The molecule has 0 unspecified atom stereocenters. The Morgan fingerprint density at radius 2 is 2.00 bits per heavy atom. The summed E-state index contributed by atoms with van der Waals surface area (Å²) in [4.78, 5) is 17.0. The number of aliphatic hydroxyl groups excluding tert-OH is 1. The van der Waals surface area contributed by atoms with Crippen molar-refractivity contribution in [2.24, 2.45) is 0 Å². The zero-order valence-corrected chi connectivity index (χ0v) is 12.7. The second kappa shape index (κ2) is 6.75. The first-order chi connectivity index (χ1) is 10.3. The lowest BCUT2D eigenvalue weighted by Gasteiger charge is -2.29. The van der Waals surface area contributed by atoms with E-state index in [1.807, 2.05) is 0 Å². The highest BCUT2D eigenvalue weighted by Crippen LogP contribution is 2.27. The molecule has 1 saturated heterocycles. The Labute approximate surface area is 126 Å². The van der Waals surface area contributed by atoms with Crippen LogP contribution in [0.1, 0.15) is 59.4 Å². The third-order valence-electron chi connectivity index (χ3n) is 5.02. The fourth-order valence-electron chi connectivity index (χ4n) is 3.79. The van der Waals surface area contributed by atoms with Crippen LogP contribution in [0.4, 0.5) is 0 Å². The maximum atomic E-state index is 11.3. The van der Waals surface area contributed by atoms with Crippen molar-refractivity contribution in [1.29, 1.82) is 0 Å². The number of aryl methyl sites for hydroxylation is 1. The number of aliphatic hydroxyl groups is 1. The number of rotatable bonds is 5. The summed E-state index contributed by atoms with van der Waals surface area (Å²) in [5.74, 6) is 0. The SMILES string of the molecule is O=Cc1[nH]c2c(c1CCCN1CCC(O)CC1)CCCC2. The van der Waals surface area contributed by atoms with Gasteiger partial charge in [0.05, 0.1) is 11.8 Å². The van der Waals surface area contributed by atoms with E-state index in [1.165, 1.54) is 29.7 Å². The first-order valence-electron chi connectivity index (χ1n) is 8.36. The third-order valence-corrected chi connectivity index (χ3v) is 5.02. The number of aldehydes is 1. The number of likely N-dealkylation sites (tertiary alicyclic amines) is 1. The van der Waals surface area contributed by atoms with Gasteiger partial charge in [0, 0.05) is 18.8 Å². The van der Waals surface area contributed by atoms with E-state index >= 15 is 0 Å². The molecule has 21 heavy (non-hydrogen) atoms. The van der Waals surface area contributed by atoms with Crippen LogP contribution in [-0.4, -0.2) is 47.0 Å². The van der Waals surface area contributed by atoms with E-state index in [0.29, 0.717) is 0 Å². The van der Waals surface area contributed by atoms with Crippen LogP contribution in [-0.2, 0) is 19.3 Å². The Hall–Kier alpha value is -1.13. The largest absolute Gasteiger partial charge is 0.393 e. The highest BCUT2D eigenvalue weighted by molar-refractivity contribution is 5.76. The third kappa shape index (κ3) is 3.38. The summed E-state index contributed by atoms with van der Waals surface area (Å²) in [7, 11) is 0. The summed E-state index contributed by atoms with van der Waals surface area (Å²) in [5, 5.41) is 9.53. The fourth-order valence-corrected chi connectivity index (χ4v) is 3.79. The molecular weight excluding hydrogens is 264 g/mol. The summed E-state index contributed by atoms with van der Waals surface area (Å²) in [6.07, 6.45) is 9.51. The standard InChI is InChI=1S/C17H26N2O2/c20-12-17-15(14-4-1-2-6-16(14)18-17)5-3-9-19-10-7-13(21)8-11-19/h12-13,18,21H,1-11H2. The summed E-state index contributed by atoms with van der Waals surface area (Å²) < 4.78 is 0. The predicted molar refractivity (Wildman–Crippen MR) is 82.8 cm³/mol. The average Bonchev–Trinajstić information content (AvgIpc) is 2.87. The minimum atomic E-state index is -0.0976. The molecule has 0 bridgehead atoms. The van der Waals surface area contributed by atoms with Crippen molar-refractivity contribution in [1.82, 2.24) is 9.88 Å². The molecule has 0 aromatic carbocycles. The number of piperidine rings is 1. The number of nitrogens with one attached hydrogen (secondary N) is 1. The van der Waals surface area contributed by atoms with Crippen LogP contribution in [0.15, 0.2) is 0 Å². The molecule has 1 aromatic rings. The lowest BCUT2D eigenvalue weighted by molar-refractivity contribution is 0.0821. The second-order valence-electron chi connectivity index (χ2n) is 6.48. The summed E-state index contributed by atoms with van der Waals surface area (Å²) in [5.41, 5.74) is 4.82. The number of nitrogens with zero attached hydrogens (tertiary/aromatic N) is 1. The number of aromatic nitrogens is 1. The molecule has 3 rings (SSSR count). The second-order valence-corrected chi connectivity index (χ2v) is 6.48. The molecule has 0 amide bonds. The van der Waals surface area contributed by atoms with Gasteiger partial charge in [-0.25, -0.2) is 0 Å². The molecule has 1 aliphatic heterocycles. The van der Waals surface area contributed by atoms with Crippen molar-refractivity contribution in [3.8, 4) is 0 Å². The Morgan fingerprint density at radius 1 is 1.24 bits per heavy atom. The Morgan fingerprint density at radius 3 is 2.76 bits per heavy atom. The quantitative estimate of drug-likeness (QED) is 0.817. The zero-order valence-electron chi connectivity index (χ0n) is 12.7. The minimum absolute atomic E-state index is 0.0976. The van der Waals surface area contributed by atoms with E-state index in [2.05, 4.69) is 9.88 Å². The number of carbonyl (C=O) groups excluding carboxylic acids is 1. The molecule has 1 aliphatic carbocycles. The van der Waals surface area contributed by atoms with Gasteiger partial charge in [-0.05, 0) is 69.0 Å². The smallest absolute Gasteiger partial charge is 0.166 e. The van der Waals surface area contributed by atoms with E-state index in [4.69, 9.17) is 0 Å². The average molecular weight is 290 g/mol. The zero-order chi connectivity index (χ0) is 14.7. The molecule has 2 heterocycles. The number of fused-ring (bicyclic) bond motifs is 1. The molecule has 0 radical (unpaired) electrons. The van der Waals surface area contributed by atoms with Crippen molar-refractivity contribution in [3.05, 3.63) is 22.5 Å². The van der Waals surface area contributed by atoms with Crippen LogP contribution in [0.25, 0.3) is 0 Å². The van der Waals surface area contributed by atoms with E-state index in [9.17, 15) is 9.90 Å². The number of hydrogen-bond acceptors (Lipinski definition) is 3. The van der Waals surface area contributed by atoms with Crippen LogP contribution >= 0.6 is 0 Å². The highest BCUT2D eigenvalue weighted by Gasteiger charge is 2.20. The van der Waals surface area contributed by atoms with Crippen molar-refractivity contribution >= 4 is 6.29 Å².